The lowest BCUT2D eigenvalue weighted by atomic mass is 10.1. The maximum Gasteiger partial charge on any atom is 0.241 e. The van der Waals surface area contributed by atoms with Crippen LogP contribution in [0.15, 0.2) is 27.6 Å². The lowest BCUT2D eigenvalue weighted by Gasteiger charge is -2.18. The predicted molar refractivity (Wildman–Crippen MR) is 76.0 cm³/mol. The molecule has 0 aromatic heterocycles. The fraction of sp³-hybridized carbons (Fsp3) is 0.538. The molecule has 0 radical (unpaired) electrons. The molecule has 0 saturated heterocycles. The Morgan fingerprint density at radius 3 is 2.61 bits per heavy atom. The monoisotopic (exact) mass is 331 g/mol. The normalized spacial score (nSPS) is 24.4. The van der Waals surface area contributed by atoms with Crippen molar-refractivity contribution in [3.8, 4) is 0 Å². The van der Waals surface area contributed by atoms with Crippen LogP contribution in [-0.4, -0.2) is 14.5 Å². The van der Waals surface area contributed by atoms with Crippen LogP contribution in [0, 0.1) is 12.8 Å². The SMILES string of the molecule is Cc1ccc(S(=O)(=O)NC2CCCC2C)c(Br)c1. The van der Waals surface area contributed by atoms with E-state index in [1.807, 2.05) is 19.1 Å². The Kier molecular flexibility index (Phi) is 4.14. The molecular formula is C13H18BrNO2S. The predicted octanol–water partition coefficient (Wildman–Crippen LogP) is 3.22. The van der Waals surface area contributed by atoms with E-state index in [0.717, 1.165) is 24.8 Å². The Morgan fingerprint density at radius 2 is 2.06 bits per heavy atom. The van der Waals surface area contributed by atoms with Crippen molar-refractivity contribution in [2.75, 3.05) is 0 Å². The van der Waals surface area contributed by atoms with Crippen molar-refractivity contribution in [1.82, 2.24) is 4.72 Å². The number of rotatable bonds is 3. The van der Waals surface area contributed by atoms with Gasteiger partial charge in [-0.25, -0.2) is 13.1 Å². The van der Waals surface area contributed by atoms with Crippen molar-refractivity contribution in [3.05, 3.63) is 28.2 Å². The zero-order valence-electron chi connectivity index (χ0n) is 10.6. The fourth-order valence-corrected chi connectivity index (χ4v) is 4.98. The molecule has 1 N–H and O–H groups in total. The zero-order chi connectivity index (χ0) is 13.3. The van der Waals surface area contributed by atoms with Crippen molar-refractivity contribution >= 4 is 26.0 Å². The summed E-state index contributed by atoms with van der Waals surface area (Å²) in [6.45, 7) is 4.04. The van der Waals surface area contributed by atoms with Crippen molar-refractivity contribution in [2.24, 2.45) is 5.92 Å². The van der Waals surface area contributed by atoms with Gasteiger partial charge in [0.15, 0.2) is 0 Å². The van der Waals surface area contributed by atoms with Crippen molar-refractivity contribution in [2.45, 2.75) is 44.0 Å². The van der Waals surface area contributed by atoms with Crippen LogP contribution in [0.2, 0.25) is 0 Å². The van der Waals surface area contributed by atoms with Gasteiger partial charge in [0.1, 0.15) is 0 Å². The third kappa shape index (κ3) is 2.95. The second-order valence-electron chi connectivity index (χ2n) is 5.07. The Bertz CT molecular complexity index is 542. The van der Waals surface area contributed by atoms with Crippen LogP contribution in [0.1, 0.15) is 31.7 Å². The molecule has 2 unspecified atom stereocenters. The summed E-state index contributed by atoms with van der Waals surface area (Å²) < 4.78 is 28.1. The smallest absolute Gasteiger partial charge is 0.208 e. The highest BCUT2D eigenvalue weighted by molar-refractivity contribution is 9.10. The average molecular weight is 332 g/mol. The molecule has 0 aliphatic heterocycles. The van der Waals surface area contributed by atoms with Crippen molar-refractivity contribution < 1.29 is 8.42 Å². The molecule has 3 nitrogen and oxygen atoms in total. The van der Waals surface area contributed by atoms with Crippen LogP contribution in [-0.2, 0) is 10.0 Å². The van der Waals surface area contributed by atoms with Gasteiger partial charge in [-0.2, -0.15) is 0 Å². The maximum atomic E-state index is 12.3. The first-order valence-electron chi connectivity index (χ1n) is 6.18. The quantitative estimate of drug-likeness (QED) is 0.924. The number of halogens is 1. The van der Waals surface area contributed by atoms with Gasteiger partial charge in [0.05, 0.1) is 4.90 Å². The van der Waals surface area contributed by atoms with Gasteiger partial charge in [0.25, 0.3) is 0 Å². The van der Waals surface area contributed by atoms with Gasteiger partial charge < -0.3 is 0 Å². The minimum Gasteiger partial charge on any atom is -0.208 e. The molecule has 18 heavy (non-hydrogen) atoms. The lowest BCUT2D eigenvalue weighted by Crippen LogP contribution is -2.36. The van der Waals surface area contributed by atoms with Crippen LogP contribution in [0.4, 0.5) is 0 Å². The third-order valence-electron chi connectivity index (χ3n) is 3.54. The Balaban J connectivity index is 2.25. The highest BCUT2D eigenvalue weighted by Crippen LogP contribution is 2.28. The Morgan fingerprint density at radius 1 is 1.33 bits per heavy atom. The van der Waals surface area contributed by atoms with E-state index in [1.165, 1.54) is 0 Å². The van der Waals surface area contributed by atoms with Crippen LogP contribution in [0.25, 0.3) is 0 Å². The van der Waals surface area contributed by atoms with Crippen LogP contribution < -0.4 is 4.72 Å². The molecule has 0 spiro atoms. The van der Waals surface area contributed by atoms with Gasteiger partial charge in [0, 0.05) is 10.5 Å². The second-order valence-corrected chi connectivity index (χ2v) is 7.61. The van der Waals surface area contributed by atoms with E-state index in [0.29, 0.717) is 15.3 Å². The molecular weight excluding hydrogens is 314 g/mol. The Hall–Kier alpha value is -0.390. The van der Waals surface area contributed by atoms with E-state index >= 15 is 0 Å². The molecule has 2 rings (SSSR count). The van der Waals surface area contributed by atoms with Crippen LogP contribution in [0.5, 0.6) is 0 Å². The zero-order valence-corrected chi connectivity index (χ0v) is 13.0. The number of nitrogens with one attached hydrogen (secondary N) is 1. The molecule has 1 aliphatic carbocycles. The fourth-order valence-electron chi connectivity index (χ4n) is 2.41. The standard InChI is InChI=1S/C13H18BrNO2S/c1-9-6-7-13(11(14)8-9)18(16,17)15-12-5-3-4-10(12)2/h6-8,10,12,15H,3-5H2,1-2H3. The number of aryl methyl sites for hydroxylation is 1. The molecule has 1 fully saturated rings. The minimum absolute atomic E-state index is 0.0724. The first-order chi connectivity index (χ1) is 8.40. The summed E-state index contributed by atoms with van der Waals surface area (Å²) in [6.07, 6.45) is 3.13. The van der Waals surface area contributed by atoms with Gasteiger partial charge in [-0.05, 0) is 59.3 Å². The first kappa shape index (κ1) is 14.0. The molecule has 1 aliphatic rings. The van der Waals surface area contributed by atoms with Crippen molar-refractivity contribution in [1.29, 1.82) is 0 Å². The molecule has 0 amide bonds. The largest absolute Gasteiger partial charge is 0.241 e. The van der Waals surface area contributed by atoms with E-state index in [2.05, 4.69) is 27.6 Å². The summed E-state index contributed by atoms with van der Waals surface area (Å²) >= 11 is 3.33. The minimum atomic E-state index is -3.42. The average Bonchev–Trinajstić information content (AvgIpc) is 2.63. The molecule has 5 heteroatoms. The highest BCUT2D eigenvalue weighted by Gasteiger charge is 2.29. The van der Waals surface area contributed by atoms with Gasteiger partial charge in [0.2, 0.25) is 10.0 Å². The number of benzene rings is 1. The molecule has 2 atom stereocenters. The number of sulfonamides is 1. The van der Waals surface area contributed by atoms with Crippen LogP contribution in [0.3, 0.4) is 0 Å². The van der Waals surface area contributed by atoms with Gasteiger partial charge in [-0.1, -0.05) is 19.4 Å². The molecule has 1 aromatic carbocycles. The number of hydrogen-bond donors (Lipinski definition) is 1. The molecule has 0 bridgehead atoms. The summed E-state index contributed by atoms with van der Waals surface area (Å²) in [5, 5.41) is 0. The highest BCUT2D eigenvalue weighted by atomic mass is 79.9. The number of hydrogen-bond acceptors (Lipinski definition) is 2. The second kappa shape index (κ2) is 5.31. The van der Waals surface area contributed by atoms with Gasteiger partial charge >= 0.3 is 0 Å². The van der Waals surface area contributed by atoms with Crippen molar-refractivity contribution in [3.63, 3.8) is 0 Å². The van der Waals surface area contributed by atoms with E-state index in [-0.39, 0.29) is 6.04 Å². The first-order valence-corrected chi connectivity index (χ1v) is 8.46. The van der Waals surface area contributed by atoms with E-state index in [4.69, 9.17) is 0 Å². The summed E-state index contributed by atoms with van der Waals surface area (Å²) in [5.74, 6) is 0.420. The molecule has 0 heterocycles. The summed E-state index contributed by atoms with van der Waals surface area (Å²) in [5.41, 5.74) is 1.04. The Labute approximate surface area is 117 Å². The molecule has 1 saturated carbocycles. The van der Waals surface area contributed by atoms with Crippen LogP contribution >= 0.6 is 15.9 Å². The molecule has 1 aromatic rings. The molecule has 100 valence electrons. The van der Waals surface area contributed by atoms with E-state index in [1.54, 1.807) is 6.07 Å². The topological polar surface area (TPSA) is 46.2 Å². The lowest BCUT2D eigenvalue weighted by molar-refractivity contribution is 0.476. The summed E-state index contributed by atoms with van der Waals surface area (Å²) in [6, 6.07) is 5.37. The third-order valence-corrected chi connectivity index (χ3v) is 6.01. The summed E-state index contributed by atoms with van der Waals surface area (Å²) in [4.78, 5) is 0.326. The van der Waals surface area contributed by atoms with Gasteiger partial charge in [-0.3, -0.25) is 0 Å². The van der Waals surface area contributed by atoms with Gasteiger partial charge in [-0.15, -0.1) is 0 Å². The van der Waals surface area contributed by atoms with E-state index < -0.39 is 10.0 Å². The van der Waals surface area contributed by atoms with E-state index in [9.17, 15) is 8.42 Å². The summed E-state index contributed by atoms with van der Waals surface area (Å²) in [7, 11) is -3.42. The maximum absolute atomic E-state index is 12.3.